The number of carbonyl (C=O) groups is 2. The van der Waals surface area contributed by atoms with Crippen molar-refractivity contribution in [1.29, 1.82) is 0 Å². The molecule has 0 bridgehead atoms. The summed E-state index contributed by atoms with van der Waals surface area (Å²) >= 11 is 0. The topological polar surface area (TPSA) is 55.4 Å². The standard InChI is InChI=1S/C25H38F3NO3Si/c1-18(30)29-24(7,23(5,6)32-33-22(2,3)4)17-15-19-11-13-20(14-12-19)21(31)10-8-9-16-25(26,27)28/h11-14H,8-10,15-17H2,1-7H3,(H,29,30)/t24-/m1/s1. The molecule has 0 unspecified atom stereocenters. The molecule has 8 heteroatoms. The Kier molecular flexibility index (Phi) is 10.4. The Hall–Kier alpha value is -1.67. The molecule has 0 saturated heterocycles. The molecule has 0 aromatic heterocycles. The molecule has 0 spiro atoms. The van der Waals surface area contributed by atoms with Crippen LogP contribution in [-0.4, -0.2) is 38.8 Å². The lowest BCUT2D eigenvalue weighted by Crippen LogP contribution is -2.61. The molecule has 33 heavy (non-hydrogen) atoms. The Morgan fingerprint density at radius 3 is 2.00 bits per heavy atom. The Balaban J connectivity index is 2.76. The molecular weight excluding hydrogens is 447 g/mol. The van der Waals surface area contributed by atoms with Crippen molar-refractivity contribution < 1.29 is 27.2 Å². The molecule has 0 aliphatic carbocycles. The first kappa shape index (κ1) is 29.4. The minimum atomic E-state index is -4.18. The number of carbonyl (C=O) groups excluding carboxylic acids is 2. The van der Waals surface area contributed by atoms with Gasteiger partial charge in [0.05, 0.1) is 11.1 Å². The van der Waals surface area contributed by atoms with Crippen LogP contribution in [0.25, 0.3) is 0 Å². The van der Waals surface area contributed by atoms with E-state index in [1.807, 2.05) is 32.9 Å². The van der Waals surface area contributed by atoms with Crippen LogP contribution in [0.4, 0.5) is 13.2 Å². The first-order valence-corrected chi connectivity index (χ1v) is 12.3. The normalized spacial score (nSPS) is 14.6. The van der Waals surface area contributed by atoms with Crippen LogP contribution in [0.2, 0.25) is 5.04 Å². The average Bonchev–Trinajstić information content (AvgIpc) is 2.66. The highest BCUT2D eigenvalue weighted by molar-refractivity contribution is 6.31. The fraction of sp³-hybridized carbons (Fsp3) is 0.680. The van der Waals surface area contributed by atoms with Gasteiger partial charge in [-0.3, -0.25) is 9.59 Å². The lowest BCUT2D eigenvalue weighted by molar-refractivity contribution is -0.135. The molecule has 1 amide bonds. The number of nitrogens with one attached hydrogen (secondary N) is 1. The number of Topliss-reactive ketones (excluding diaryl/α,β-unsaturated/α-hetero) is 1. The van der Waals surface area contributed by atoms with Gasteiger partial charge in [0.1, 0.15) is 0 Å². The van der Waals surface area contributed by atoms with E-state index in [1.54, 1.807) is 12.1 Å². The van der Waals surface area contributed by atoms with Crippen molar-refractivity contribution in [3.05, 3.63) is 35.4 Å². The maximum absolute atomic E-state index is 12.3. The first-order valence-electron chi connectivity index (χ1n) is 11.4. The molecular formula is C25H38F3NO3Si. The molecule has 0 aliphatic heterocycles. The van der Waals surface area contributed by atoms with Gasteiger partial charge >= 0.3 is 6.18 Å². The van der Waals surface area contributed by atoms with Gasteiger partial charge in [0, 0.05) is 25.3 Å². The molecule has 0 aliphatic rings. The molecule has 1 aromatic carbocycles. The maximum Gasteiger partial charge on any atom is 0.389 e. The molecule has 1 rings (SSSR count). The molecule has 1 atom stereocenters. The van der Waals surface area contributed by atoms with Crippen molar-refractivity contribution in [2.45, 2.75) is 109 Å². The van der Waals surface area contributed by atoms with Crippen molar-refractivity contribution >= 4 is 21.5 Å². The van der Waals surface area contributed by atoms with Gasteiger partial charge in [0.2, 0.25) is 15.7 Å². The highest BCUT2D eigenvalue weighted by Crippen LogP contribution is 2.33. The van der Waals surface area contributed by atoms with Crippen LogP contribution in [0.3, 0.4) is 0 Å². The second-order valence-electron chi connectivity index (χ2n) is 10.4. The number of aryl methyl sites for hydroxylation is 1. The van der Waals surface area contributed by atoms with Crippen LogP contribution in [-0.2, 0) is 15.6 Å². The SMILES string of the molecule is CC(=O)N[C@](C)(CCc1ccc(C(=O)CCCCC(F)(F)F)cc1)C(C)(C)O[Si]C(C)(C)C. The number of hydrogen-bond acceptors (Lipinski definition) is 3. The third kappa shape index (κ3) is 10.9. The number of ketones is 1. The minimum Gasteiger partial charge on any atom is -0.410 e. The summed E-state index contributed by atoms with van der Waals surface area (Å²) in [7, 11) is 0.274. The van der Waals surface area contributed by atoms with E-state index in [4.69, 9.17) is 4.43 Å². The molecule has 1 aromatic rings. The van der Waals surface area contributed by atoms with Crippen molar-refractivity contribution in [3.8, 4) is 0 Å². The second kappa shape index (κ2) is 11.6. The number of unbranched alkanes of at least 4 members (excludes halogenated alkanes) is 1. The first-order chi connectivity index (χ1) is 14.9. The summed E-state index contributed by atoms with van der Waals surface area (Å²) in [6.07, 6.45) is -3.44. The zero-order valence-electron chi connectivity index (χ0n) is 20.9. The molecule has 1 N–H and O–H groups in total. The van der Waals surface area contributed by atoms with E-state index in [9.17, 15) is 22.8 Å². The van der Waals surface area contributed by atoms with Gasteiger partial charge < -0.3 is 9.74 Å². The largest absolute Gasteiger partial charge is 0.410 e. The number of hydrogen-bond donors (Lipinski definition) is 1. The smallest absolute Gasteiger partial charge is 0.389 e. The van der Waals surface area contributed by atoms with Gasteiger partial charge in [-0.1, -0.05) is 45.0 Å². The van der Waals surface area contributed by atoms with Crippen LogP contribution in [0.15, 0.2) is 24.3 Å². The van der Waals surface area contributed by atoms with Gasteiger partial charge in [-0.05, 0) is 57.1 Å². The van der Waals surface area contributed by atoms with Gasteiger partial charge in [-0.25, -0.2) is 0 Å². The van der Waals surface area contributed by atoms with Crippen molar-refractivity contribution in [1.82, 2.24) is 5.32 Å². The number of alkyl halides is 3. The Labute approximate surface area is 199 Å². The fourth-order valence-corrected chi connectivity index (χ4v) is 4.09. The fourth-order valence-electron chi connectivity index (χ4n) is 3.30. The monoisotopic (exact) mass is 485 g/mol. The average molecular weight is 486 g/mol. The van der Waals surface area contributed by atoms with Crippen LogP contribution < -0.4 is 5.32 Å². The lowest BCUT2D eigenvalue weighted by atomic mass is 9.79. The predicted molar refractivity (Wildman–Crippen MR) is 126 cm³/mol. The zero-order chi connectivity index (χ0) is 25.5. The van der Waals surface area contributed by atoms with E-state index in [2.05, 4.69) is 26.1 Å². The van der Waals surface area contributed by atoms with E-state index >= 15 is 0 Å². The van der Waals surface area contributed by atoms with E-state index in [-0.39, 0.29) is 45.8 Å². The summed E-state index contributed by atoms with van der Waals surface area (Å²) in [5.74, 6) is -0.274. The molecule has 0 fully saturated rings. The summed E-state index contributed by atoms with van der Waals surface area (Å²) in [6.45, 7) is 13.8. The summed E-state index contributed by atoms with van der Waals surface area (Å²) in [4.78, 5) is 24.2. The summed E-state index contributed by atoms with van der Waals surface area (Å²) in [5.41, 5.74) is 0.306. The Morgan fingerprint density at radius 1 is 0.939 bits per heavy atom. The Bertz CT molecular complexity index is 786. The third-order valence-corrected chi connectivity index (χ3v) is 6.92. The zero-order valence-corrected chi connectivity index (χ0v) is 21.9. The van der Waals surface area contributed by atoms with Gasteiger partial charge in [-0.2, -0.15) is 13.2 Å². The van der Waals surface area contributed by atoms with Crippen molar-refractivity contribution in [3.63, 3.8) is 0 Å². The number of benzene rings is 1. The molecule has 0 heterocycles. The van der Waals surface area contributed by atoms with E-state index in [0.29, 0.717) is 18.4 Å². The predicted octanol–water partition coefficient (Wildman–Crippen LogP) is 6.45. The van der Waals surface area contributed by atoms with Gasteiger partial charge in [0.25, 0.3) is 0 Å². The highest BCUT2D eigenvalue weighted by atomic mass is 28.2. The van der Waals surface area contributed by atoms with Crippen molar-refractivity contribution in [2.24, 2.45) is 0 Å². The molecule has 0 saturated carbocycles. The van der Waals surface area contributed by atoms with Gasteiger partial charge in [-0.15, -0.1) is 0 Å². The number of halogens is 3. The van der Waals surface area contributed by atoms with Crippen LogP contribution in [0.5, 0.6) is 0 Å². The van der Waals surface area contributed by atoms with E-state index in [1.165, 1.54) is 6.92 Å². The molecule has 186 valence electrons. The summed E-state index contributed by atoms with van der Waals surface area (Å²) < 4.78 is 42.9. The van der Waals surface area contributed by atoms with Crippen LogP contribution in [0.1, 0.15) is 96.5 Å². The Morgan fingerprint density at radius 2 is 1.52 bits per heavy atom. The van der Waals surface area contributed by atoms with Gasteiger partial charge in [0.15, 0.2) is 5.78 Å². The van der Waals surface area contributed by atoms with E-state index < -0.39 is 23.7 Å². The summed E-state index contributed by atoms with van der Waals surface area (Å²) in [5, 5.41) is 3.10. The van der Waals surface area contributed by atoms with Crippen LogP contribution >= 0.6 is 0 Å². The van der Waals surface area contributed by atoms with Crippen LogP contribution in [0, 0.1) is 0 Å². The second-order valence-corrected chi connectivity index (χ2v) is 12.3. The maximum atomic E-state index is 12.3. The highest BCUT2D eigenvalue weighted by Gasteiger charge is 2.43. The van der Waals surface area contributed by atoms with E-state index in [0.717, 1.165) is 5.56 Å². The molecule has 4 nitrogen and oxygen atoms in total. The van der Waals surface area contributed by atoms with Crippen molar-refractivity contribution in [2.75, 3.05) is 0 Å². The summed E-state index contributed by atoms with van der Waals surface area (Å²) in [6, 6.07) is 7.17. The lowest BCUT2D eigenvalue weighted by Gasteiger charge is -2.46. The minimum absolute atomic E-state index is 0.0174. The molecule has 2 radical (unpaired) electrons. The quantitative estimate of drug-likeness (QED) is 0.210. The number of rotatable bonds is 12. The number of amides is 1. The third-order valence-electron chi connectivity index (χ3n) is 5.70.